The van der Waals surface area contributed by atoms with Crippen LogP contribution in [0.2, 0.25) is 0 Å². The van der Waals surface area contributed by atoms with E-state index in [4.69, 9.17) is 0 Å². The number of rotatable bonds is 8. The van der Waals surface area contributed by atoms with E-state index >= 15 is 0 Å². The Kier molecular flexibility index (Phi) is 7.99. The van der Waals surface area contributed by atoms with Gasteiger partial charge in [-0.25, -0.2) is 5.43 Å². The highest BCUT2D eigenvalue weighted by atomic mass is 32.2. The molecule has 4 aromatic carbocycles. The fourth-order valence-electron chi connectivity index (χ4n) is 4.09. The van der Waals surface area contributed by atoms with E-state index in [0.717, 1.165) is 39.5 Å². The Labute approximate surface area is 232 Å². The molecule has 1 N–H and O–H groups in total. The predicted octanol–water partition coefficient (Wildman–Crippen LogP) is 6.85. The minimum atomic E-state index is -0.212. The number of aryl methyl sites for hydroxylation is 2. The summed E-state index contributed by atoms with van der Waals surface area (Å²) in [6.07, 6.45) is 0. The molecule has 194 valence electrons. The molecule has 0 bridgehead atoms. The number of hydrogen-bond donors (Lipinski definition) is 1. The molecule has 1 heterocycles. The Morgan fingerprint density at radius 2 is 1.36 bits per heavy atom. The number of carbonyl (C=O) groups excluding carboxylic acids is 1. The number of nitrogens with zero attached hydrogens (tertiary/aromatic N) is 4. The zero-order chi connectivity index (χ0) is 27.2. The van der Waals surface area contributed by atoms with Crippen LogP contribution in [0.25, 0.3) is 28.2 Å². The third kappa shape index (κ3) is 6.33. The lowest BCUT2D eigenvalue weighted by molar-refractivity contribution is -0.118. The minimum Gasteiger partial charge on any atom is -0.272 e. The van der Waals surface area contributed by atoms with Gasteiger partial charge in [0.25, 0.3) is 5.91 Å². The number of carbonyl (C=O) groups is 1. The first kappa shape index (κ1) is 26.1. The van der Waals surface area contributed by atoms with Crippen molar-refractivity contribution >= 4 is 23.4 Å². The molecule has 0 spiro atoms. The highest BCUT2D eigenvalue weighted by Gasteiger charge is 2.17. The maximum absolute atomic E-state index is 12.7. The third-order valence-corrected chi connectivity index (χ3v) is 7.25. The average molecular weight is 532 g/mol. The zero-order valence-corrected chi connectivity index (χ0v) is 22.9. The first-order valence-electron chi connectivity index (χ1n) is 12.7. The highest BCUT2D eigenvalue weighted by molar-refractivity contribution is 7.99. The summed E-state index contributed by atoms with van der Waals surface area (Å²) in [4.78, 5) is 12.7. The van der Waals surface area contributed by atoms with Crippen LogP contribution in [0.5, 0.6) is 0 Å². The van der Waals surface area contributed by atoms with E-state index in [0.29, 0.717) is 5.16 Å². The van der Waals surface area contributed by atoms with Gasteiger partial charge < -0.3 is 0 Å². The normalized spacial score (nSPS) is 11.4. The molecule has 0 radical (unpaired) electrons. The second-order valence-corrected chi connectivity index (χ2v) is 10.2. The van der Waals surface area contributed by atoms with Gasteiger partial charge in [0, 0.05) is 11.3 Å². The van der Waals surface area contributed by atoms with E-state index in [1.54, 1.807) is 0 Å². The summed E-state index contributed by atoms with van der Waals surface area (Å²) in [5, 5.41) is 13.9. The van der Waals surface area contributed by atoms with E-state index in [2.05, 4.69) is 83.1 Å². The summed E-state index contributed by atoms with van der Waals surface area (Å²) in [7, 11) is 0. The molecule has 5 aromatic rings. The Balaban J connectivity index is 1.28. The predicted molar refractivity (Wildman–Crippen MR) is 159 cm³/mol. The van der Waals surface area contributed by atoms with E-state index in [1.165, 1.54) is 22.9 Å². The zero-order valence-electron chi connectivity index (χ0n) is 22.1. The van der Waals surface area contributed by atoms with Crippen molar-refractivity contribution in [3.05, 3.63) is 120 Å². The highest BCUT2D eigenvalue weighted by Crippen LogP contribution is 2.28. The van der Waals surface area contributed by atoms with Crippen LogP contribution in [-0.4, -0.2) is 32.1 Å². The molecule has 7 heteroatoms. The van der Waals surface area contributed by atoms with Crippen LogP contribution >= 0.6 is 11.8 Å². The number of benzene rings is 4. The molecule has 5 rings (SSSR count). The number of aromatic nitrogens is 3. The lowest BCUT2D eigenvalue weighted by Gasteiger charge is -2.11. The molecule has 0 saturated carbocycles. The molecule has 39 heavy (non-hydrogen) atoms. The van der Waals surface area contributed by atoms with Gasteiger partial charge in [-0.15, -0.1) is 10.2 Å². The molecule has 0 saturated heterocycles. The summed E-state index contributed by atoms with van der Waals surface area (Å²) in [6, 6.07) is 34.7. The second kappa shape index (κ2) is 11.9. The molecule has 0 fully saturated rings. The first-order valence-corrected chi connectivity index (χ1v) is 13.7. The third-order valence-electron chi connectivity index (χ3n) is 6.33. The van der Waals surface area contributed by atoms with Crippen LogP contribution in [0.15, 0.2) is 113 Å². The summed E-state index contributed by atoms with van der Waals surface area (Å²) in [5.74, 6) is 0.673. The van der Waals surface area contributed by atoms with Crippen molar-refractivity contribution in [2.45, 2.75) is 25.9 Å². The summed E-state index contributed by atoms with van der Waals surface area (Å²) in [6.45, 7) is 5.99. The molecule has 0 aliphatic rings. The van der Waals surface area contributed by atoms with Crippen molar-refractivity contribution in [3.63, 3.8) is 0 Å². The molecule has 0 unspecified atom stereocenters. The number of nitrogens with one attached hydrogen (secondary N) is 1. The monoisotopic (exact) mass is 531 g/mol. The Bertz CT molecular complexity index is 1590. The second-order valence-electron chi connectivity index (χ2n) is 9.31. The van der Waals surface area contributed by atoms with E-state index < -0.39 is 0 Å². The number of thioether (sulfide) groups is 1. The molecule has 1 aromatic heterocycles. The lowest BCUT2D eigenvalue weighted by atomic mass is 10.0. The summed E-state index contributed by atoms with van der Waals surface area (Å²) < 4.78 is 1.99. The van der Waals surface area contributed by atoms with Gasteiger partial charge in [-0.2, -0.15) is 5.10 Å². The van der Waals surface area contributed by atoms with Gasteiger partial charge in [0.2, 0.25) is 0 Å². The fourth-order valence-corrected chi connectivity index (χ4v) is 4.83. The van der Waals surface area contributed by atoms with Crippen LogP contribution < -0.4 is 5.43 Å². The van der Waals surface area contributed by atoms with Gasteiger partial charge in [-0.1, -0.05) is 114 Å². The molecular formula is C32H29N5OS. The van der Waals surface area contributed by atoms with Crippen LogP contribution in [-0.2, 0) is 4.79 Å². The minimum absolute atomic E-state index is 0.154. The van der Waals surface area contributed by atoms with Gasteiger partial charge in [0.05, 0.1) is 11.5 Å². The molecule has 1 amide bonds. The van der Waals surface area contributed by atoms with Crippen LogP contribution in [0, 0.1) is 13.8 Å². The molecule has 0 aliphatic heterocycles. The lowest BCUT2D eigenvalue weighted by Crippen LogP contribution is -2.21. The van der Waals surface area contributed by atoms with E-state index in [-0.39, 0.29) is 11.7 Å². The number of amides is 1. The van der Waals surface area contributed by atoms with Crippen LogP contribution in [0.4, 0.5) is 0 Å². The molecule has 6 nitrogen and oxygen atoms in total. The first-order chi connectivity index (χ1) is 19.0. The Morgan fingerprint density at radius 3 is 2.03 bits per heavy atom. The van der Waals surface area contributed by atoms with Gasteiger partial charge >= 0.3 is 0 Å². The smallest absolute Gasteiger partial charge is 0.250 e. The number of hydrogen-bond acceptors (Lipinski definition) is 5. The standard InChI is InChI=1S/C32H29N5OS/c1-22-9-13-28(14-10-22)31-35-36-32(37(31)29-19-11-23(2)12-20-29)39-21-30(38)34-33-24(3)25-15-17-27(18-16-25)26-7-5-4-6-8-26/h4-20H,21H2,1-3H3,(H,34,38)/b33-24+. The Hall–Kier alpha value is -4.49. The van der Waals surface area contributed by atoms with Gasteiger partial charge in [-0.3, -0.25) is 9.36 Å². The average Bonchev–Trinajstić information content (AvgIpc) is 3.40. The van der Waals surface area contributed by atoms with Crippen molar-refractivity contribution in [3.8, 4) is 28.2 Å². The van der Waals surface area contributed by atoms with Gasteiger partial charge in [0.1, 0.15) is 0 Å². The molecular weight excluding hydrogens is 502 g/mol. The van der Waals surface area contributed by atoms with E-state index in [1.807, 2.05) is 66.1 Å². The van der Waals surface area contributed by atoms with Crippen molar-refractivity contribution in [2.24, 2.45) is 5.10 Å². The molecule has 0 atom stereocenters. The number of hydrazone groups is 1. The van der Waals surface area contributed by atoms with Crippen molar-refractivity contribution in [1.29, 1.82) is 0 Å². The molecule has 0 aliphatic carbocycles. The van der Waals surface area contributed by atoms with Crippen LogP contribution in [0.3, 0.4) is 0 Å². The van der Waals surface area contributed by atoms with Crippen molar-refractivity contribution in [2.75, 3.05) is 5.75 Å². The van der Waals surface area contributed by atoms with Crippen LogP contribution in [0.1, 0.15) is 23.6 Å². The van der Waals surface area contributed by atoms with E-state index in [9.17, 15) is 4.79 Å². The topological polar surface area (TPSA) is 72.2 Å². The van der Waals surface area contributed by atoms with Crippen molar-refractivity contribution < 1.29 is 4.79 Å². The van der Waals surface area contributed by atoms with Crippen molar-refractivity contribution in [1.82, 2.24) is 20.2 Å². The van der Waals surface area contributed by atoms with Gasteiger partial charge in [-0.05, 0) is 49.6 Å². The Morgan fingerprint density at radius 1 is 0.769 bits per heavy atom. The largest absolute Gasteiger partial charge is 0.272 e. The maximum atomic E-state index is 12.7. The summed E-state index contributed by atoms with van der Waals surface area (Å²) in [5.41, 5.74) is 10.9. The quantitative estimate of drug-likeness (QED) is 0.135. The fraction of sp³-hybridized carbons (Fsp3) is 0.125. The van der Waals surface area contributed by atoms with Gasteiger partial charge in [0.15, 0.2) is 11.0 Å². The maximum Gasteiger partial charge on any atom is 0.250 e. The summed E-state index contributed by atoms with van der Waals surface area (Å²) >= 11 is 1.33. The SMILES string of the molecule is C/C(=N\NC(=O)CSc1nnc(-c2ccc(C)cc2)n1-c1ccc(C)cc1)c1ccc(-c2ccccc2)cc1.